The van der Waals surface area contributed by atoms with E-state index < -0.39 is 0 Å². The maximum absolute atomic E-state index is 12.4. The number of rotatable bonds is 5. The van der Waals surface area contributed by atoms with E-state index in [2.05, 4.69) is 29.4 Å². The number of aromatic nitrogens is 2. The molecule has 2 fully saturated rings. The number of nitrogens with zero attached hydrogens (tertiary/aromatic N) is 3. The van der Waals surface area contributed by atoms with Crippen molar-refractivity contribution in [3.63, 3.8) is 0 Å². The molecule has 1 saturated carbocycles. The summed E-state index contributed by atoms with van der Waals surface area (Å²) < 4.78 is 0. The van der Waals surface area contributed by atoms with Crippen LogP contribution in [0.3, 0.4) is 0 Å². The van der Waals surface area contributed by atoms with Crippen LogP contribution in [-0.2, 0) is 9.59 Å². The van der Waals surface area contributed by atoms with Gasteiger partial charge in [-0.15, -0.1) is 10.2 Å². The van der Waals surface area contributed by atoms with E-state index in [9.17, 15) is 9.59 Å². The van der Waals surface area contributed by atoms with Crippen LogP contribution in [0.4, 0.5) is 5.13 Å². The molecule has 1 unspecified atom stereocenters. The molecule has 1 N–H and O–H groups in total. The molecule has 0 bridgehead atoms. The SMILES string of the molecule is CC(C)CN1CC(C(=O)Nc2nnc(C3CCCCC3)s2)CC1=O. The topological polar surface area (TPSA) is 75.2 Å². The fourth-order valence-electron chi connectivity index (χ4n) is 3.57. The fourth-order valence-corrected chi connectivity index (χ4v) is 4.49. The molecule has 0 aromatic carbocycles. The van der Waals surface area contributed by atoms with Crippen LogP contribution in [0.25, 0.3) is 0 Å². The van der Waals surface area contributed by atoms with Crippen LogP contribution in [0, 0.1) is 11.8 Å². The first-order valence-corrected chi connectivity index (χ1v) is 9.76. The second-order valence-corrected chi connectivity index (χ2v) is 8.37. The molecule has 3 rings (SSSR count). The zero-order chi connectivity index (χ0) is 17.1. The van der Waals surface area contributed by atoms with Gasteiger partial charge < -0.3 is 10.2 Å². The Bertz CT molecular complexity index is 595. The standard InChI is InChI=1S/C17H26N4O2S/c1-11(2)9-21-10-13(8-14(21)22)15(23)18-17-20-19-16(24-17)12-6-4-3-5-7-12/h11-13H,3-10H2,1-2H3,(H,18,20,23). The average molecular weight is 350 g/mol. The van der Waals surface area contributed by atoms with E-state index in [-0.39, 0.29) is 17.7 Å². The van der Waals surface area contributed by atoms with Gasteiger partial charge in [0, 0.05) is 25.4 Å². The Morgan fingerprint density at radius 2 is 2.04 bits per heavy atom. The maximum Gasteiger partial charge on any atom is 0.231 e. The highest BCUT2D eigenvalue weighted by Crippen LogP contribution is 2.35. The molecule has 1 atom stereocenters. The zero-order valence-corrected chi connectivity index (χ0v) is 15.3. The van der Waals surface area contributed by atoms with Gasteiger partial charge in [-0.25, -0.2) is 0 Å². The first kappa shape index (κ1) is 17.3. The second kappa shape index (κ2) is 7.59. The molecule has 2 amide bonds. The molecule has 1 aliphatic heterocycles. The van der Waals surface area contributed by atoms with Gasteiger partial charge in [0.25, 0.3) is 0 Å². The molecule has 1 aliphatic carbocycles. The lowest BCUT2D eigenvalue weighted by Gasteiger charge is -2.18. The van der Waals surface area contributed by atoms with Crippen LogP contribution in [-0.4, -0.2) is 40.0 Å². The molecule has 1 saturated heterocycles. The summed E-state index contributed by atoms with van der Waals surface area (Å²) in [7, 11) is 0. The van der Waals surface area contributed by atoms with Crippen LogP contribution in [0.15, 0.2) is 0 Å². The molecular formula is C17H26N4O2S. The molecule has 1 aromatic rings. The van der Waals surface area contributed by atoms with Crippen molar-refractivity contribution in [2.24, 2.45) is 11.8 Å². The number of likely N-dealkylation sites (tertiary alicyclic amines) is 1. The summed E-state index contributed by atoms with van der Waals surface area (Å²) in [5.41, 5.74) is 0. The van der Waals surface area contributed by atoms with Crippen LogP contribution in [0.2, 0.25) is 0 Å². The summed E-state index contributed by atoms with van der Waals surface area (Å²) in [4.78, 5) is 26.2. The molecule has 0 radical (unpaired) electrons. The van der Waals surface area contributed by atoms with Crippen molar-refractivity contribution in [3.8, 4) is 0 Å². The van der Waals surface area contributed by atoms with E-state index in [0.717, 1.165) is 5.01 Å². The van der Waals surface area contributed by atoms with Gasteiger partial charge in [0.1, 0.15) is 5.01 Å². The van der Waals surface area contributed by atoms with Crippen LogP contribution in [0.1, 0.15) is 63.3 Å². The summed E-state index contributed by atoms with van der Waals surface area (Å²) in [6, 6.07) is 0. The van der Waals surface area contributed by atoms with Crippen LogP contribution >= 0.6 is 11.3 Å². The van der Waals surface area contributed by atoms with Crippen molar-refractivity contribution in [2.75, 3.05) is 18.4 Å². The average Bonchev–Trinajstić information content (AvgIpc) is 3.15. The molecule has 0 spiro atoms. The number of hydrogen-bond donors (Lipinski definition) is 1. The minimum atomic E-state index is -0.279. The highest BCUT2D eigenvalue weighted by atomic mass is 32.1. The molecular weight excluding hydrogens is 324 g/mol. The van der Waals surface area contributed by atoms with Crippen molar-refractivity contribution in [3.05, 3.63) is 5.01 Å². The quantitative estimate of drug-likeness (QED) is 0.886. The highest BCUT2D eigenvalue weighted by Gasteiger charge is 2.34. The molecule has 24 heavy (non-hydrogen) atoms. The summed E-state index contributed by atoms with van der Waals surface area (Å²) in [6.45, 7) is 5.38. The number of nitrogens with one attached hydrogen (secondary N) is 1. The normalized spacial score (nSPS) is 22.4. The minimum absolute atomic E-state index is 0.0732. The lowest BCUT2D eigenvalue weighted by atomic mass is 9.90. The molecule has 2 heterocycles. The smallest absolute Gasteiger partial charge is 0.231 e. The third-order valence-electron chi connectivity index (χ3n) is 4.80. The van der Waals surface area contributed by atoms with E-state index in [1.165, 1.54) is 43.4 Å². The Kier molecular flexibility index (Phi) is 5.48. The van der Waals surface area contributed by atoms with Gasteiger partial charge in [-0.05, 0) is 18.8 Å². The summed E-state index contributed by atoms with van der Waals surface area (Å²) in [5.74, 6) is 0.594. The third kappa shape index (κ3) is 4.12. The molecule has 6 nitrogen and oxygen atoms in total. The van der Waals surface area contributed by atoms with Gasteiger partial charge >= 0.3 is 0 Å². The van der Waals surface area contributed by atoms with E-state index in [1.54, 1.807) is 4.90 Å². The number of anilines is 1. The van der Waals surface area contributed by atoms with Crippen LogP contribution in [0.5, 0.6) is 0 Å². The Morgan fingerprint density at radius 3 is 2.75 bits per heavy atom. The summed E-state index contributed by atoms with van der Waals surface area (Å²) in [5, 5.41) is 12.9. The summed E-state index contributed by atoms with van der Waals surface area (Å²) >= 11 is 1.49. The predicted molar refractivity (Wildman–Crippen MR) is 93.9 cm³/mol. The fraction of sp³-hybridized carbons (Fsp3) is 0.765. The molecule has 132 valence electrons. The maximum atomic E-state index is 12.4. The highest BCUT2D eigenvalue weighted by molar-refractivity contribution is 7.15. The van der Waals surface area contributed by atoms with Gasteiger partial charge in [0.15, 0.2) is 0 Å². The Balaban J connectivity index is 1.55. The van der Waals surface area contributed by atoms with E-state index in [1.807, 2.05) is 0 Å². The molecule has 1 aromatic heterocycles. The zero-order valence-electron chi connectivity index (χ0n) is 14.5. The second-order valence-electron chi connectivity index (χ2n) is 7.36. The van der Waals surface area contributed by atoms with E-state index in [0.29, 0.717) is 36.5 Å². The number of amides is 2. The van der Waals surface area contributed by atoms with E-state index in [4.69, 9.17) is 0 Å². The van der Waals surface area contributed by atoms with Gasteiger partial charge in [-0.1, -0.05) is 44.4 Å². The van der Waals surface area contributed by atoms with E-state index >= 15 is 0 Å². The molecule has 7 heteroatoms. The summed E-state index contributed by atoms with van der Waals surface area (Å²) in [6.07, 6.45) is 6.45. The third-order valence-corrected chi connectivity index (χ3v) is 5.80. The van der Waals surface area contributed by atoms with Crippen molar-refractivity contribution in [2.45, 2.75) is 58.3 Å². The van der Waals surface area contributed by atoms with Gasteiger partial charge in [0.05, 0.1) is 5.92 Å². The lowest BCUT2D eigenvalue weighted by molar-refractivity contribution is -0.128. The Morgan fingerprint density at radius 1 is 1.29 bits per heavy atom. The number of carbonyl (C=O) groups excluding carboxylic acids is 2. The first-order chi connectivity index (χ1) is 11.5. The van der Waals surface area contributed by atoms with Crippen molar-refractivity contribution < 1.29 is 9.59 Å². The minimum Gasteiger partial charge on any atom is -0.342 e. The van der Waals surface area contributed by atoms with Gasteiger partial charge in [-0.2, -0.15) is 0 Å². The largest absolute Gasteiger partial charge is 0.342 e. The van der Waals surface area contributed by atoms with Crippen molar-refractivity contribution in [1.29, 1.82) is 0 Å². The first-order valence-electron chi connectivity index (χ1n) is 8.95. The predicted octanol–water partition coefficient (Wildman–Crippen LogP) is 3.03. The number of hydrogen-bond acceptors (Lipinski definition) is 5. The van der Waals surface area contributed by atoms with Crippen molar-refractivity contribution in [1.82, 2.24) is 15.1 Å². The Hall–Kier alpha value is -1.50. The van der Waals surface area contributed by atoms with Gasteiger partial charge in [0.2, 0.25) is 16.9 Å². The lowest BCUT2D eigenvalue weighted by Crippen LogP contribution is -2.31. The molecule has 2 aliphatic rings. The monoisotopic (exact) mass is 350 g/mol. The van der Waals surface area contributed by atoms with Crippen molar-refractivity contribution >= 4 is 28.3 Å². The Labute approximate surface area is 147 Å². The number of carbonyl (C=O) groups is 2. The van der Waals surface area contributed by atoms with Gasteiger partial charge in [-0.3, -0.25) is 9.59 Å². The van der Waals surface area contributed by atoms with Crippen LogP contribution < -0.4 is 5.32 Å².